The fraction of sp³-hybridized carbons (Fsp3) is 0.286. The molecule has 2 aromatic carbocycles. The molecule has 3 aromatic rings. The van der Waals surface area contributed by atoms with Crippen molar-refractivity contribution >= 4 is 49.9 Å². The summed E-state index contributed by atoms with van der Waals surface area (Å²) in [7, 11) is 1.58. The second-order valence-electron chi connectivity index (χ2n) is 7.69. The average molecular weight is 511 g/mol. The van der Waals surface area contributed by atoms with E-state index in [0.717, 1.165) is 23.5 Å². The number of rotatable bonds is 8. The van der Waals surface area contributed by atoms with Gasteiger partial charge in [0.05, 0.1) is 45.9 Å². The Morgan fingerprint density at radius 2 is 2.06 bits per heavy atom. The number of thiazole rings is 1. The van der Waals surface area contributed by atoms with Gasteiger partial charge in [0, 0.05) is 7.05 Å². The van der Waals surface area contributed by atoms with Gasteiger partial charge < -0.3 is 36.2 Å². The van der Waals surface area contributed by atoms with Gasteiger partial charge in [-0.1, -0.05) is 11.3 Å². The van der Waals surface area contributed by atoms with Crippen LogP contribution < -0.4 is 21.3 Å². The smallest absolute Gasteiger partial charge is 0.416 e. The molecule has 1 amide bonds. The minimum absolute atomic E-state index is 0.0213. The number of nitrogens with one attached hydrogen (secondary N) is 2. The fourth-order valence-electron chi connectivity index (χ4n) is 3.86. The SMILES string of the molecule is CN1c2ccc(C(=O)O)cc2NC1(Nc1nc2ccc(C(F)(F)F)cc2s1)C(OCCO)C(N)=O. The summed E-state index contributed by atoms with van der Waals surface area (Å²) in [6.07, 6.45) is -5.98. The minimum Gasteiger partial charge on any atom is -0.478 e. The molecule has 14 heteroatoms. The van der Waals surface area contributed by atoms with Crippen LogP contribution >= 0.6 is 11.3 Å². The number of carbonyl (C=O) groups is 2. The van der Waals surface area contributed by atoms with Crippen molar-refractivity contribution in [2.45, 2.75) is 18.1 Å². The zero-order valence-electron chi connectivity index (χ0n) is 18.1. The van der Waals surface area contributed by atoms with E-state index in [4.69, 9.17) is 10.5 Å². The highest BCUT2D eigenvalue weighted by Gasteiger charge is 2.52. The molecule has 1 aliphatic rings. The molecule has 1 aliphatic heterocycles. The Morgan fingerprint density at radius 1 is 1.31 bits per heavy atom. The molecular formula is C21H20F3N5O5S. The number of carbonyl (C=O) groups excluding carboxylic acids is 1. The van der Waals surface area contributed by atoms with Crippen LogP contribution in [0, 0.1) is 0 Å². The maximum absolute atomic E-state index is 13.1. The van der Waals surface area contributed by atoms with E-state index in [0.29, 0.717) is 16.9 Å². The van der Waals surface area contributed by atoms with E-state index in [1.165, 1.54) is 24.3 Å². The zero-order chi connectivity index (χ0) is 25.5. The first-order valence-electron chi connectivity index (χ1n) is 10.1. The number of alkyl halides is 3. The van der Waals surface area contributed by atoms with Crippen LogP contribution in [0.3, 0.4) is 0 Å². The van der Waals surface area contributed by atoms with Crippen LogP contribution in [0.4, 0.5) is 29.7 Å². The molecule has 0 saturated carbocycles. The summed E-state index contributed by atoms with van der Waals surface area (Å²) < 4.78 is 45.2. The third kappa shape index (κ3) is 4.42. The lowest BCUT2D eigenvalue weighted by molar-refractivity contribution is -0.137. The van der Waals surface area contributed by atoms with Crippen molar-refractivity contribution in [3.8, 4) is 0 Å². The molecule has 0 bridgehead atoms. The van der Waals surface area contributed by atoms with Crippen molar-refractivity contribution in [2.24, 2.45) is 5.73 Å². The van der Waals surface area contributed by atoms with Crippen LogP contribution in [0.15, 0.2) is 36.4 Å². The van der Waals surface area contributed by atoms with Crippen LogP contribution in [-0.4, -0.2) is 59.2 Å². The summed E-state index contributed by atoms with van der Waals surface area (Å²) in [5.74, 6) is -3.74. The summed E-state index contributed by atoms with van der Waals surface area (Å²) in [6, 6.07) is 7.38. The van der Waals surface area contributed by atoms with Gasteiger partial charge in [-0.25, -0.2) is 9.78 Å². The van der Waals surface area contributed by atoms with Crippen LogP contribution in [0.1, 0.15) is 15.9 Å². The summed E-state index contributed by atoms with van der Waals surface area (Å²) in [5, 5.41) is 24.8. The number of amides is 1. The monoisotopic (exact) mass is 511 g/mol. The van der Waals surface area contributed by atoms with E-state index in [2.05, 4.69) is 15.6 Å². The Labute approximate surface area is 200 Å². The number of benzene rings is 2. The lowest BCUT2D eigenvalue weighted by Gasteiger charge is -2.42. The molecule has 0 aliphatic carbocycles. The lowest BCUT2D eigenvalue weighted by Crippen LogP contribution is -2.67. The average Bonchev–Trinajstić information content (AvgIpc) is 3.30. The van der Waals surface area contributed by atoms with Gasteiger partial charge in [0.2, 0.25) is 5.79 Å². The number of primary amides is 1. The Hall–Kier alpha value is -3.62. The van der Waals surface area contributed by atoms with Crippen molar-refractivity contribution in [3.05, 3.63) is 47.5 Å². The summed E-state index contributed by atoms with van der Waals surface area (Å²) in [6.45, 7) is -0.668. The number of hydrogen-bond donors (Lipinski definition) is 5. The highest BCUT2D eigenvalue weighted by atomic mass is 32.1. The third-order valence-corrected chi connectivity index (χ3v) is 6.42. The number of nitrogens with zero attached hydrogens (tertiary/aromatic N) is 2. The summed E-state index contributed by atoms with van der Waals surface area (Å²) in [5.41, 5.74) is 5.88. The summed E-state index contributed by atoms with van der Waals surface area (Å²) in [4.78, 5) is 29.8. The highest BCUT2D eigenvalue weighted by molar-refractivity contribution is 7.22. The van der Waals surface area contributed by atoms with Crippen molar-refractivity contribution in [1.29, 1.82) is 0 Å². The van der Waals surface area contributed by atoms with Gasteiger partial charge in [0.25, 0.3) is 5.91 Å². The maximum Gasteiger partial charge on any atom is 0.416 e. The summed E-state index contributed by atoms with van der Waals surface area (Å²) >= 11 is 0.915. The molecule has 2 heterocycles. The van der Waals surface area contributed by atoms with Gasteiger partial charge in [-0.3, -0.25) is 4.79 Å². The maximum atomic E-state index is 13.1. The van der Waals surface area contributed by atoms with E-state index in [9.17, 15) is 33.0 Å². The molecule has 0 radical (unpaired) electrons. The number of hydrogen-bond acceptors (Lipinski definition) is 9. The number of carboxylic acid groups (broad SMARTS) is 1. The predicted molar refractivity (Wildman–Crippen MR) is 122 cm³/mol. The normalized spacial score (nSPS) is 18.3. The second kappa shape index (κ2) is 8.87. The number of anilines is 3. The molecular weight excluding hydrogens is 491 g/mol. The number of aliphatic hydroxyl groups is 1. The number of aliphatic hydroxyl groups excluding tert-OH is 1. The fourth-order valence-corrected chi connectivity index (χ4v) is 4.82. The van der Waals surface area contributed by atoms with Crippen LogP contribution in [0.25, 0.3) is 10.2 Å². The van der Waals surface area contributed by atoms with Crippen molar-refractivity contribution < 1.29 is 37.7 Å². The van der Waals surface area contributed by atoms with E-state index >= 15 is 0 Å². The van der Waals surface area contributed by atoms with Crippen LogP contribution in [0.2, 0.25) is 0 Å². The van der Waals surface area contributed by atoms with Gasteiger partial charge in [0.15, 0.2) is 11.2 Å². The van der Waals surface area contributed by atoms with Gasteiger partial charge in [0.1, 0.15) is 0 Å². The van der Waals surface area contributed by atoms with Gasteiger partial charge in [-0.05, 0) is 36.4 Å². The van der Waals surface area contributed by atoms with Crippen LogP contribution in [0.5, 0.6) is 0 Å². The van der Waals surface area contributed by atoms with E-state index in [1.807, 2.05) is 0 Å². The third-order valence-electron chi connectivity index (χ3n) is 5.49. The Morgan fingerprint density at radius 3 is 2.69 bits per heavy atom. The molecule has 4 rings (SSSR count). The number of nitrogens with two attached hydrogens (primary N) is 1. The molecule has 6 N–H and O–H groups in total. The lowest BCUT2D eigenvalue weighted by atomic mass is 10.1. The predicted octanol–water partition coefficient (Wildman–Crippen LogP) is 2.50. The van der Waals surface area contributed by atoms with Gasteiger partial charge in [-0.2, -0.15) is 13.2 Å². The quantitative estimate of drug-likeness (QED) is 0.307. The van der Waals surface area contributed by atoms with Gasteiger partial charge in [-0.15, -0.1) is 0 Å². The Bertz CT molecular complexity index is 1300. The first kappa shape index (κ1) is 24.5. The molecule has 10 nitrogen and oxygen atoms in total. The number of halogens is 3. The number of carboxylic acids is 1. The minimum atomic E-state index is -4.53. The largest absolute Gasteiger partial charge is 0.478 e. The number of likely N-dealkylation sites (N-methyl/N-ethyl adjacent to an activating group) is 1. The van der Waals surface area contributed by atoms with Crippen molar-refractivity contribution in [1.82, 2.24) is 4.98 Å². The topological polar surface area (TPSA) is 150 Å². The molecule has 2 unspecified atom stereocenters. The molecule has 35 heavy (non-hydrogen) atoms. The number of aromatic carboxylic acids is 1. The first-order chi connectivity index (χ1) is 16.5. The van der Waals surface area contributed by atoms with E-state index in [-0.39, 0.29) is 22.0 Å². The number of fused-ring (bicyclic) bond motifs is 2. The molecule has 0 fully saturated rings. The van der Waals surface area contributed by atoms with E-state index < -0.39 is 42.1 Å². The van der Waals surface area contributed by atoms with Crippen molar-refractivity contribution in [3.63, 3.8) is 0 Å². The molecule has 0 saturated heterocycles. The van der Waals surface area contributed by atoms with Gasteiger partial charge >= 0.3 is 12.1 Å². The molecule has 186 valence electrons. The van der Waals surface area contributed by atoms with E-state index in [1.54, 1.807) is 11.9 Å². The highest BCUT2D eigenvalue weighted by Crippen LogP contribution is 2.43. The zero-order valence-corrected chi connectivity index (χ0v) is 18.9. The molecule has 2 atom stereocenters. The Kier molecular flexibility index (Phi) is 6.21. The number of aromatic nitrogens is 1. The molecule has 1 aromatic heterocycles. The first-order valence-corrected chi connectivity index (χ1v) is 10.9. The van der Waals surface area contributed by atoms with Crippen molar-refractivity contribution in [2.75, 3.05) is 35.8 Å². The van der Waals surface area contributed by atoms with Crippen LogP contribution in [-0.2, 0) is 15.7 Å². The molecule has 0 spiro atoms. The second-order valence-corrected chi connectivity index (χ2v) is 8.72. The number of ether oxygens (including phenoxy) is 1. The standard InChI is InChI=1S/C21H20F3N5O5S/c1-29-14-5-2-10(18(32)33)8-13(14)27-21(29,16(17(25)31)34-7-6-30)28-19-26-12-4-3-11(20(22,23)24)9-15(12)35-19/h2-5,8-9,16,27,30H,6-7H2,1H3,(H2,25,31)(H,26,28)(H,32,33). The Balaban J connectivity index is 1.80.